The lowest BCUT2D eigenvalue weighted by molar-refractivity contribution is 0.142. The molecule has 0 saturated heterocycles. The summed E-state index contributed by atoms with van der Waals surface area (Å²) in [5.41, 5.74) is 11.1. The van der Waals surface area contributed by atoms with Crippen molar-refractivity contribution in [3.63, 3.8) is 0 Å². The molecular weight excluding hydrogens is 424 g/mol. The smallest absolute Gasteiger partial charge is 0.203 e. The quantitative estimate of drug-likeness (QED) is 0.319. The number of hydrogen-bond acceptors (Lipinski definition) is 6. The first-order valence-electron chi connectivity index (χ1n) is 12.1. The van der Waals surface area contributed by atoms with E-state index in [-0.39, 0.29) is 18.4 Å². The van der Waals surface area contributed by atoms with Crippen LogP contribution in [-0.4, -0.2) is 44.7 Å². The van der Waals surface area contributed by atoms with E-state index < -0.39 is 0 Å². The summed E-state index contributed by atoms with van der Waals surface area (Å²) in [7, 11) is 0. The Bertz CT molecular complexity index is 1200. The summed E-state index contributed by atoms with van der Waals surface area (Å²) >= 11 is 0. The number of hydrogen-bond donors (Lipinski definition) is 4. The van der Waals surface area contributed by atoms with E-state index in [1.807, 2.05) is 12.1 Å². The normalized spacial score (nSPS) is 21.5. The van der Waals surface area contributed by atoms with Gasteiger partial charge in [-0.2, -0.15) is 10.3 Å². The molecule has 0 bridgehead atoms. The Balaban J connectivity index is 1.30. The number of fused-ring (bicyclic) bond motifs is 1. The van der Waals surface area contributed by atoms with Crippen molar-refractivity contribution in [2.75, 3.05) is 18.9 Å². The zero-order valence-corrected chi connectivity index (χ0v) is 19.3. The van der Waals surface area contributed by atoms with Crippen molar-refractivity contribution in [2.45, 2.75) is 43.6 Å². The molecule has 0 aliphatic heterocycles. The number of benzene rings is 2. The van der Waals surface area contributed by atoms with E-state index in [9.17, 15) is 5.11 Å². The van der Waals surface area contributed by atoms with E-state index in [0.29, 0.717) is 23.4 Å². The molecule has 7 heteroatoms. The number of nitrogens with zero attached hydrogens (tertiary/aromatic N) is 3. The second-order valence-corrected chi connectivity index (χ2v) is 9.31. The number of aromatic amines is 1. The Morgan fingerprint density at radius 3 is 2.56 bits per heavy atom. The van der Waals surface area contributed by atoms with Gasteiger partial charge in [-0.3, -0.25) is 0 Å². The third kappa shape index (κ3) is 4.81. The Hall–Kier alpha value is -3.29. The summed E-state index contributed by atoms with van der Waals surface area (Å²) in [6, 6.07) is 23.4. The SMILES string of the molecule is Nc1cc(C(CCN[C@@H]2CC[C@@H](c3ccccc3)C[C@@H]2CO)c2ccccc2)c2n[nH]nc2n1. The van der Waals surface area contributed by atoms with Crippen LogP contribution < -0.4 is 11.1 Å². The summed E-state index contributed by atoms with van der Waals surface area (Å²) < 4.78 is 0. The summed E-state index contributed by atoms with van der Waals surface area (Å²) in [5.74, 6) is 1.34. The van der Waals surface area contributed by atoms with Crippen LogP contribution >= 0.6 is 0 Å². The zero-order chi connectivity index (χ0) is 23.3. The van der Waals surface area contributed by atoms with Crippen LogP contribution in [0.2, 0.25) is 0 Å². The number of aromatic nitrogens is 4. The highest BCUT2D eigenvalue weighted by Crippen LogP contribution is 2.37. The van der Waals surface area contributed by atoms with Crippen molar-refractivity contribution in [3.05, 3.63) is 83.4 Å². The molecule has 1 aliphatic rings. The third-order valence-corrected chi connectivity index (χ3v) is 7.25. The molecule has 1 fully saturated rings. The number of nitrogens with two attached hydrogens (primary N) is 1. The van der Waals surface area contributed by atoms with E-state index in [4.69, 9.17) is 5.73 Å². The van der Waals surface area contributed by atoms with Gasteiger partial charge < -0.3 is 16.2 Å². The molecule has 34 heavy (non-hydrogen) atoms. The first kappa shape index (κ1) is 22.5. The fourth-order valence-electron chi connectivity index (χ4n) is 5.51. The van der Waals surface area contributed by atoms with Gasteiger partial charge >= 0.3 is 0 Å². The van der Waals surface area contributed by atoms with Gasteiger partial charge in [0.1, 0.15) is 11.3 Å². The number of H-pyrrole nitrogens is 1. The molecule has 5 rings (SSSR count). The second-order valence-electron chi connectivity index (χ2n) is 9.31. The number of nitrogens with one attached hydrogen (secondary N) is 2. The predicted molar refractivity (Wildman–Crippen MR) is 134 cm³/mol. The molecule has 0 amide bonds. The van der Waals surface area contributed by atoms with Crippen molar-refractivity contribution in [1.29, 1.82) is 0 Å². The number of rotatable bonds is 8. The zero-order valence-electron chi connectivity index (χ0n) is 19.3. The summed E-state index contributed by atoms with van der Waals surface area (Å²) in [6.07, 6.45) is 4.10. The van der Waals surface area contributed by atoms with Crippen LogP contribution in [0.25, 0.3) is 11.2 Å². The Morgan fingerprint density at radius 1 is 1.03 bits per heavy atom. The van der Waals surface area contributed by atoms with E-state index in [2.05, 4.69) is 80.3 Å². The van der Waals surface area contributed by atoms with Gasteiger partial charge in [0.05, 0.1) is 0 Å². The van der Waals surface area contributed by atoms with Crippen LogP contribution in [0.1, 0.15) is 54.2 Å². The molecule has 1 aliphatic carbocycles. The van der Waals surface area contributed by atoms with Gasteiger partial charge in [-0.05, 0) is 66.8 Å². The summed E-state index contributed by atoms with van der Waals surface area (Å²) in [4.78, 5) is 4.31. The highest BCUT2D eigenvalue weighted by atomic mass is 16.3. The van der Waals surface area contributed by atoms with E-state index in [0.717, 1.165) is 43.3 Å². The van der Waals surface area contributed by atoms with Gasteiger partial charge in [0.25, 0.3) is 0 Å². The van der Waals surface area contributed by atoms with Crippen LogP contribution in [0.4, 0.5) is 5.82 Å². The number of pyridine rings is 1. The Morgan fingerprint density at radius 2 is 1.79 bits per heavy atom. The highest BCUT2D eigenvalue weighted by Gasteiger charge is 2.31. The lowest BCUT2D eigenvalue weighted by Crippen LogP contribution is -2.42. The van der Waals surface area contributed by atoms with Crippen molar-refractivity contribution >= 4 is 17.0 Å². The van der Waals surface area contributed by atoms with Crippen molar-refractivity contribution in [2.24, 2.45) is 5.92 Å². The first-order chi connectivity index (χ1) is 16.7. The molecular formula is C27H32N6O. The Labute approximate surface area is 199 Å². The largest absolute Gasteiger partial charge is 0.396 e. The summed E-state index contributed by atoms with van der Waals surface area (Å²) in [6.45, 7) is 1.04. The second kappa shape index (κ2) is 10.3. The van der Waals surface area contributed by atoms with Gasteiger partial charge in [0, 0.05) is 18.6 Å². The van der Waals surface area contributed by atoms with Crippen LogP contribution in [-0.2, 0) is 0 Å². The van der Waals surface area contributed by atoms with Crippen LogP contribution in [0, 0.1) is 5.92 Å². The van der Waals surface area contributed by atoms with E-state index >= 15 is 0 Å². The molecule has 1 saturated carbocycles. The van der Waals surface area contributed by atoms with Crippen LogP contribution in [0.5, 0.6) is 0 Å². The van der Waals surface area contributed by atoms with E-state index in [1.54, 1.807) is 0 Å². The minimum Gasteiger partial charge on any atom is -0.396 e. The maximum absolute atomic E-state index is 10.1. The third-order valence-electron chi connectivity index (χ3n) is 7.25. The van der Waals surface area contributed by atoms with Gasteiger partial charge in [-0.15, -0.1) is 5.10 Å². The molecule has 4 aromatic rings. The predicted octanol–water partition coefficient (Wildman–Crippen LogP) is 3.99. The highest BCUT2D eigenvalue weighted by molar-refractivity contribution is 5.77. The van der Waals surface area contributed by atoms with Gasteiger partial charge in [0.2, 0.25) is 5.65 Å². The molecule has 1 unspecified atom stereocenters. The van der Waals surface area contributed by atoms with Crippen molar-refractivity contribution < 1.29 is 5.11 Å². The molecule has 0 radical (unpaired) electrons. The van der Waals surface area contributed by atoms with Crippen LogP contribution in [0.15, 0.2) is 66.7 Å². The van der Waals surface area contributed by atoms with Crippen LogP contribution in [0.3, 0.4) is 0 Å². The minimum absolute atomic E-state index is 0.111. The topological polar surface area (TPSA) is 113 Å². The molecule has 4 atom stereocenters. The Kier molecular flexibility index (Phi) is 6.83. The van der Waals surface area contributed by atoms with Gasteiger partial charge in [0.15, 0.2) is 0 Å². The van der Waals surface area contributed by atoms with Crippen molar-refractivity contribution in [1.82, 2.24) is 25.7 Å². The minimum atomic E-state index is 0.111. The molecule has 2 heterocycles. The fourth-order valence-corrected chi connectivity index (χ4v) is 5.51. The average molecular weight is 457 g/mol. The number of aliphatic hydroxyl groups excluding tert-OH is 1. The standard InChI is InChI=1S/C27H32N6O/c28-25-16-23(26-27(30-25)32-33-31-26)22(19-9-5-2-6-10-19)13-14-29-24-12-11-20(15-21(24)17-34)18-7-3-1-4-8-18/h1-10,16,20-22,24,29,34H,11-15,17H2,(H3,28,30,31,32,33)/t20-,21-,22?,24-/m1/s1. The lowest BCUT2D eigenvalue weighted by Gasteiger charge is -2.36. The van der Waals surface area contributed by atoms with Crippen molar-refractivity contribution in [3.8, 4) is 0 Å². The number of anilines is 1. The molecule has 176 valence electrons. The van der Waals surface area contributed by atoms with E-state index in [1.165, 1.54) is 11.1 Å². The summed E-state index contributed by atoms with van der Waals surface area (Å²) in [5, 5.41) is 25.1. The maximum atomic E-state index is 10.1. The molecule has 0 spiro atoms. The molecule has 5 N–H and O–H groups in total. The van der Waals surface area contributed by atoms with Gasteiger partial charge in [-0.25, -0.2) is 4.98 Å². The molecule has 2 aromatic heterocycles. The first-order valence-corrected chi connectivity index (χ1v) is 12.1. The molecule has 2 aromatic carbocycles. The lowest BCUT2D eigenvalue weighted by atomic mass is 9.75. The monoisotopic (exact) mass is 456 g/mol. The number of nitrogen functional groups attached to an aromatic ring is 1. The fraction of sp³-hybridized carbons (Fsp3) is 0.370. The maximum Gasteiger partial charge on any atom is 0.203 e. The molecule has 7 nitrogen and oxygen atoms in total. The average Bonchev–Trinajstić information content (AvgIpc) is 3.36. The van der Waals surface area contributed by atoms with Gasteiger partial charge in [-0.1, -0.05) is 60.7 Å². The number of aliphatic hydroxyl groups is 1.